The molecule has 3 rings (SSSR count). The molecule has 3 aromatic rings. The molecule has 152 valence electrons. The zero-order valence-electron chi connectivity index (χ0n) is 17.1. The summed E-state index contributed by atoms with van der Waals surface area (Å²) in [6.45, 7) is 7.91. The van der Waals surface area contributed by atoms with Crippen molar-refractivity contribution in [1.29, 1.82) is 0 Å². The number of benzene rings is 1. The molecule has 7 heteroatoms. The fourth-order valence-corrected chi connectivity index (χ4v) is 3.13. The Morgan fingerprint density at radius 2 is 1.83 bits per heavy atom. The van der Waals surface area contributed by atoms with E-state index in [0.29, 0.717) is 32.1 Å². The van der Waals surface area contributed by atoms with Crippen molar-refractivity contribution in [3.05, 3.63) is 76.7 Å². The first-order chi connectivity index (χ1) is 14.1. The van der Waals surface area contributed by atoms with Crippen LogP contribution in [0.2, 0.25) is 0 Å². The second-order valence-electron chi connectivity index (χ2n) is 6.73. The van der Waals surface area contributed by atoms with Crippen LogP contribution in [0.1, 0.15) is 35.0 Å². The number of amides is 2. The van der Waals surface area contributed by atoms with Crippen LogP contribution in [0.15, 0.2) is 48.7 Å². The van der Waals surface area contributed by atoms with Gasteiger partial charge in [0.25, 0.3) is 0 Å². The van der Waals surface area contributed by atoms with E-state index in [2.05, 4.69) is 32.8 Å². The van der Waals surface area contributed by atoms with E-state index < -0.39 is 0 Å². The second kappa shape index (κ2) is 9.73. The number of ether oxygens (including phenoxy) is 1. The summed E-state index contributed by atoms with van der Waals surface area (Å²) in [4.78, 5) is 16.5. The van der Waals surface area contributed by atoms with Crippen LogP contribution in [0, 0.1) is 13.8 Å². The van der Waals surface area contributed by atoms with Crippen LogP contribution in [0.3, 0.4) is 0 Å². The van der Waals surface area contributed by atoms with Crippen LogP contribution < -0.4 is 15.4 Å². The molecule has 0 radical (unpaired) electrons. The lowest BCUT2D eigenvalue weighted by Crippen LogP contribution is -2.35. The van der Waals surface area contributed by atoms with Crippen LogP contribution in [-0.2, 0) is 19.6 Å². The minimum absolute atomic E-state index is 0.245. The third kappa shape index (κ3) is 5.34. The van der Waals surface area contributed by atoms with E-state index in [1.54, 1.807) is 6.20 Å². The lowest BCUT2D eigenvalue weighted by Gasteiger charge is -2.11. The Morgan fingerprint density at radius 3 is 2.59 bits per heavy atom. The predicted molar refractivity (Wildman–Crippen MR) is 112 cm³/mol. The van der Waals surface area contributed by atoms with Gasteiger partial charge in [-0.05, 0) is 32.4 Å². The SMILES string of the molecule is CCOc1ncccc1CNC(=O)NCc1c(C)nn(Cc2ccccc2)c1C. The highest BCUT2D eigenvalue weighted by Gasteiger charge is 2.13. The lowest BCUT2D eigenvalue weighted by atomic mass is 10.2. The number of rotatable bonds is 8. The predicted octanol–water partition coefficient (Wildman–Crippen LogP) is 3.34. The van der Waals surface area contributed by atoms with Gasteiger partial charge in [-0.3, -0.25) is 4.68 Å². The number of hydrogen-bond acceptors (Lipinski definition) is 4. The third-order valence-electron chi connectivity index (χ3n) is 4.70. The molecule has 0 aliphatic carbocycles. The van der Waals surface area contributed by atoms with Crippen molar-refractivity contribution in [3.8, 4) is 5.88 Å². The maximum absolute atomic E-state index is 12.3. The minimum Gasteiger partial charge on any atom is -0.478 e. The lowest BCUT2D eigenvalue weighted by molar-refractivity contribution is 0.240. The molecular formula is C22H27N5O2. The van der Waals surface area contributed by atoms with Gasteiger partial charge in [0.15, 0.2) is 0 Å². The van der Waals surface area contributed by atoms with Gasteiger partial charge in [-0.2, -0.15) is 5.10 Å². The Morgan fingerprint density at radius 1 is 1.07 bits per heavy atom. The smallest absolute Gasteiger partial charge is 0.315 e. The standard InChI is InChI=1S/C22H27N5O2/c1-4-29-21-19(11-8-12-23-21)13-24-22(28)25-14-20-16(2)26-27(17(20)3)15-18-9-6-5-7-10-18/h5-12H,4,13-15H2,1-3H3,(H2,24,25,28). The van der Waals surface area contributed by atoms with E-state index in [-0.39, 0.29) is 6.03 Å². The largest absolute Gasteiger partial charge is 0.478 e. The topological polar surface area (TPSA) is 81.1 Å². The Hall–Kier alpha value is -3.35. The fraction of sp³-hybridized carbons (Fsp3) is 0.318. The molecule has 0 saturated carbocycles. The molecule has 0 aliphatic rings. The van der Waals surface area contributed by atoms with E-state index in [1.165, 1.54) is 5.56 Å². The van der Waals surface area contributed by atoms with Crippen molar-refractivity contribution in [3.63, 3.8) is 0 Å². The first kappa shape index (κ1) is 20.4. The van der Waals surface area contributed by atoms with Crippen LogP contribution >= 0.6 is 0 Å². The van der Waals surface area contributed by atoms with E-state index in [1.807, 2.05) is 55.8 Å². The van der Waals surface area contributed by atoms with Gasteiger partial charge in [0.1, 0.15) is 0 Å². The Labute approximate surface area is 171 Å². The highest BCUT2D eigenvalue weighted by atomic mass is 16.5. The summed E-state index contributed by atoms with van der Waals surface area (Å²) < 4.78 is 7.46. The van der Waals surface area contributed by atoms with Crippen molar-refractivity contribution in [2.75, 3.05) is 6.61 Å². The quantitative estimate of drug-likeness (QED) is 0.615. The molecule has 0 atom stereocenters. The molecule has 2 aromatic heterocycles. The van der Waals surface area contributed by atoms with Gasteiger partial charge in [-0.15, -0.1) is 0 Å². The van der Waals surface area contributed by atoms with Gasteiger partial charge in [-0.25, -0.2) is 9.78 Å². The molecule has 2 heterocycles. The molecule has 0 spiro atoms. The molecule has 1 aromatic carbocycles. The highest BCUT2D eigenvalue weighted by Crippen LogP contribution is 2.15. The molecule has 0 unspecified atom stereocenters. The molecule has 29 heavy (non-hydrogen) atoms. The van der Waals surface area contributed by atoms with Crippen molar-refractivity contribution >= 4 is 6.03 Å². The van der Waals surface area contributed by atoms with Crippen molar-refractivity contribution in [2.45, 2.75) is 40.4 Å². The molecular weight excluding hydrogens is 366 g/mol. The van der Waals surface area contributed by atoms with Crippen LogP contribution in [0.25, 0.3) is 0 Å². The summed E-state index contributed by atoms with van der Waals surface area (Å²) in [7, 11) is 0. The summed E-state index contributed by atoms with van der Waals surface area (Å²) in [5.41, 5.74) is 5.04. The van der Waals surface area contributed by atoms with Crippen molar-refractivity contribution in [2.24, 2.45) is 0 Å². The van der Waals surface area contributed by atoms with Gasteiger partial charge in [0.05, 0.1) is 18.8 Å². The summed E-state index contributed by atoms with van der Waals surface area (Å²) in [6.07, 6.45) is 1.67. The molecule has 0 bridgehead atoms. The average molecular weight is 393 g/mol. The minimum atomic E-state index is -0.245. The first-order valence-electron chi connectivity index (χ1n) is 9.73. The summed E-state index contributed by atoms with van der Waals surface area (Å²) in [5.74, 6) is 0.546. The van der Waals surface area contributed by atoms with Gasteiger partial charge in [-0.1, -0.05) is 36.4 Å². The Balaban J connectivity index is 1.56. The average Bonchev–Trinajstić information content (AvgIpc) is 2.99. The van der Waals surface area contributed by atoms with Gasteiger partial charge >= 0.3 is 6.03 Å². The second-order valence-corrected chi connectivity index (χ2v) is 6.73. The zero-order chi connectivity index (χ0) is 20.6. The maximum Gasteiger partial charge on any atom is 0.315 e. The number of nitrogens with zero attached hydrogens (tertiary/aromatic N) is 3. The van der Waals surface area contributed by atoms with Crippen molar-refractivity contribution < 1.29 is 9.53 Å². The van der Waals surface area contributed by atoms with E-state index in [9.17, 15) is 4.79 Å². The monoisotopic (exact) mass is 393 g/mol. The molecule has 7 nitrogen and oxygen atoms in total. The number of aromatic nitrogens is 3. The summed E-state index contributed by atoms with van der Waals surface area (Å²) in [6, 6.07) is 13.7. The number of urea groups is 1. The maximum atomic E-state index is 12.3. The molecule has 2 N–H and O–H groups in total. The number of carbonyl (C=O) groups is 1. The number of hydrogen-bond donors (Lipinski definition) is 2. The summed E-state index contributed by atoms with van der Waals surface area (Å²) in [5, 5.41) is 10.4. The highest BCUT2D eigenvalue weighted by molar-refractivity contribution is 5.74. The van der Waals surface area contributed by atoms with E-state index in [0.717, 1.165) is 22.5 Å². The zero-order valence-corrected chi connectivity index (χ0v) is 17.1. The molecule has 0 fully saturated rings. The molecule has 0 saturated heterocycles. The number of pyridine rings is 1. The Kier molecular flexibility index (Phi) is 6.84. The molecule has 2 amide bonds. The normalized spacial score (nSPS) is 10.6. The Bertz CT molecular complexity index is 953. The fourth-order valence-electron chi connectivity index (χ4n) is 3.13. The number of nitrogens with one attached hydrogen (secondary N) is 2. The number of carbonyl (C=O) groups excluding carboxylic acids is 1. The van der Waals surface area contributed by atoms with Gasteiger partial charge in [0, 0.05) is 36.1 Å². The van der Waals surface area contributed by atoms with Crippen LogP contribution in [-0.4, -0.2) is 27.4 Å². The van der Waals surface area contributed by atoms with Crippen LogP contribution in [0.5, 0.6) is 5.88 Å². The van der Waals surface area contributed by atoms with Gasteiger partial charge < -0.3 is 15.4 Å². The molecule has 0 aliphatic heterocycles. The van der Waals surface area contributed by atoms with E-state index >= 15 is 0 Å². The summed E-state index contributed by atoms with van der Waals surface area (Å²) >= 11 is 0. The third-order valence-corrected chi connectivity index (χ3v) is 4.70. The van der Waals surface area contributed by atoms with E-state index in [4.69, 9.17) is 4.74 Å². The van der Waals surface area contributed by atoms with Gasteiger partial charge in [0.2, 0.25) is 5.88 Å². The van der Waals surface area contributed by atoms with Crippen molar-refractivity contribution in [1.82, 2.24) is 25.4 Å². The first-order valence-corrected chi connectivity index (χ1v) is 9.73. The number of aryl methyl sites for hydroxylation is 1. The van der Waals surface area contributed by atoms with Crippen LogP contribution in [0.4, 0.5) is 4.79 Å².